The lowest BCUT2D eigenvalue weighted by Crippen LogP contribution is -2.32. The smallest absolute Gasteiger partial charge is 0.123 e. The Morgan fingerprint density at radius 2 is 2.37 bits per heavy atom. The number of rotatable bonds is 8. The maximum atomic E-state index is 5.89. The molecule has 1 atom stereocenters. The summed E-state index contributed by atoms with van der Waals surface area (Å²) in [4.78, 5) is 0. The first kappa shape index (κ1) is 14.1. The summed E-state index contributed by atoms with van der Waals surface area (Å²) >= 11 is 0. The first-order valence-electron chi connectivity index (χ1n) is 6.95. The lowest BCUT2D eigenvalue weighted by atomic mass is 10.1. The molecule has 0 saturated heterocycles. The van der Waals surface area contributed by atoms with Gasteiger partial charge in [0.15, 0.2) is 0 Å². The molecule has 1 aliphatic heterocycles. The van der Waals surface area contributed by atoms with E-state index < -0.39 is 0 Å². The minimum Gasteiger partial charge on any atom is -0.488 e. The SMILES string of the molecule is C=CCCOCCNCC1Cc2cc(C)ccc2O1. The van der Waals surface area contributed by atoms with Gasteiger partial charge in [0.05, 0.1) is 13.2 Å². The van der Waals surface area contributed by atoms with Crippen molar-refractivity contribution in [2.75, 3.05) is 26.3 Å². The molecule has 0 fully saturated rings. The van der Waals surface area contributed by atoms with Crippen LogP contribution in [0.4, 0.5) is 0 Å². The molecule has 0 bridgehead atoms. The van der Waals surface area contributed by atoms with E-state index in [4.69, 9.17) is 9.47 Å². The van der Waals surface area contributed by atoms with Gasteiger partial charge in [-0.05, 0) is 25.0 Å². The molecule has 2 rings (SSSR count). The third kappa shape index (κ3) is 4.37. The van der Waals surface area contributed by atoms with Gasteiger partial charge in [0.1, 0.15) is 11.9 Å². The lowest BCUT2D eigenvalue weighted by molar-refractivity contribution is 0.136. The molecule has 0 amide bonds. The topological polar surface area (TPSA) is 30.5 Å². The first-order chi connectivity index (χ1) is 9.29. The molecule has 0 aliphatic carbocycles. The highest BCUT2D eigenvalue weighted by atomic mass is 16.5. The van der Waals surface area contributed by atoms with Crippen LogP contribution in [0.1, 0.15) is 17.5 Å². The highest BCUT2D eigenvalue weighted by molar-refractivity contribution is 5.40. The van der Waals surface area contributed by atoms with Gasteiger partial charge in [-0.2, -0.15) is 0 Å². The van der Waals surface area contributed by atoms with Crippen LogP contribution in [0.2, 0.25) is 0 Å². The van der Waals surface area contributed by atoms with Crippen LogP contribution < -0.4 is 10.1 Å². The molecule has 0 spiro atoms. The number of fused-ring (bicyclic) bond motifs is 1. The quantitative estimate of drug-likeness (QED) is 0.576. The Kier molecular flexibility index (Phi) is 5.43. The zero-order chi connectivity index (χ0) is 13.5. The Balaban J connectivity index is 1.60. The van der Waals surface area contributed by atoms with Crippen LogP contribution in [0.25, 0.3) is 0 Å². The van der Waals surface area contributed by atoms with Crippen molar-refractivity contribution >= 4 is 0 Å². The normalized spacial score (nSPS) is 17.0. The van der Waals surface area contributed by atoms with Gasteiger partial charge in [-0.15, -0.1) is 6.58 Å². The Bertz CT molecular complexity index is 417. The number of benzene rings is 1. The molecule has 3 heteroatoms. The van der Waals surface area contributed by atoms with E-state index in [0.717, 1.165) is 44.9 Å². The molecule has 0 radical (unpaired) electrons. The molecule has 1 heterocycles. The van der Waals surface area contributed by atoms with Crippen molar-refractivity contribution in [3.8, 4) is 5.75 Å². The van der Waals surface area contributed by atoms with Crippen molar-refractivity contribution in [1.82, 2.24) is 5.32 Å². The third-order valence-corrected chi connectivity index (χ3v) is 3.22. The van der Waals surface area contributed by atoms with Crippen LogP contribution in [0.15, 0.2) is 30.9 Å². The number of aryl methyl sites for hydroxylation is 1. The lowest BCUT2D eigenvalue weighted by Gasteiger charge is -2.11. The van der Waals surface area contributed by atoms with Crippen LogP contribution in [0.5, 0.6) is 5.75 Å². The predicted octanol–water partition coefficient (Wildman–Crippen LogP) is 2.48. The van der Waals surface area contributed by atoms with Gasteiger partial charge >= 0.3 is 0 Å². The van der Waals surface area contributed by atoms with Gasteiger partial charge in [-0.25, -0.2) is 0 Å². The Hall–Kier alpha value is -1.32. The number of ether oxygens (including phenoxy) is 2. The molecule has 1 N–H and O–H groups in total. The predicted molar refractivity (Wildman–Crippen MR) is 77.8 cm³/mol. The van der Waals surface area contributed by atoms with Crippen LogP contribution in [0, 0.1) is 6.92 Å². The highest BCUT2D eigenvalue weighted by Crippen LogP contribution is 2.29. The van der Waals surface area contributed by atoms with Crippen molar-refractivity contribution in [3.05, 3.63) is 42.0 Å². The van der Waals surface area contributed by atoms with Crippen LogP contribution in [-0.4, -0.2) is 32.4 Å². The third-order valence-electron chi connectivity index (χ3n) is 3.22. The van der Waals surface area contributed by atoms with Gasteiger partial charge in [0.2, 0.25) is 0 Å². The van der Waals surface area contributed by atoms with Crippen molar-refractivity contribution in [1.29, 1.82) is 0 Å². The second-order valence-electron chi connectivity index (χ2n) is 4.95. The molecule has 0 aromatic heterocycles. The maximum Gasteiger partial charge on any atom is 0.123 e. The molecule has 0 saturated carbocycles. The molecule has 1 aromatic carbocycles. The van der Waals surface area contributed by atoms with E-state index in [9.17, 15) is 0 Å². The summed E-state index contributed by atoms with van der Waals surface area (Å²) in [6, 6.07) is 6.39. The van der Waals surface area contributed by atoms with E-state index in [1.165, 1.54) is 11.1 Å². The zero-order valence-corrected chi connectivity index (χ0v) is 11.7. The molecular formula is C16H23NO2. The molecule has 1 unspecified atom stereocenters. The fourth-order valence-corrected chi connectivity index (χ4v) is 2.24. The van der Waals surface area contributed by atoms with E-state index in [-0.39, 0.29) is 6.10 Å². The van der Waals surface area contributed by atoms with Gasteiger partial charge in [0, 0.05) is 19.5 Å². The Labute approximate surface area is 115 Å². The molecular weight excluding hydrogens is 238 g/mol. The summed E-state index contributed by atoms with van der Waals surface area (Å²) in [7, 11) is 0. The van der Waals surface area contributed by atoms with Crippen LogP contribution in [0.3, 0.4) is 0 Å². The monoisotopic (exact) mass is 261 g/mol. The fourth-order valence-electron chi connectivity index (χ4n) is 2.24. The van der Waals surface area contributed by atoms with E-state index in [0.29, 0.717) is 0 Å². The average molecular weight is 261 g/mol. The molecule has 1 aliphatic rings. The second kappa shape index (κ2) is 7.31. The van der Waals surface area contributed by atoms with Gasteiger partial charge in [0.25, 0.3) is 0 Å². The average Bonchev–Trinajstić information content (AvgIpc) is 2.79. The minimum absolute atomic E-state index is 0.255. The van der Waals surface area contributed by atoms with Gasteiger partial charge in [-0.1, -0.05) is 23.8 Å². The summed E-state index contributed by atoms with van der Waals surface area (Å²) in [5, 5.41) is 3.38. The minimum atomic E-state index is 0.255. The number of hydrogen-bond acceptors (Lipinski definition) is 3. The Morgan fingerprint density at radius 1 is 1.47 bits per heavy atom. The van der Waals surface area contributed by atoms with Crippen LogP contribution in [-0.2, 0) is 11.2 Å². The van der Waals surface area contributed by atoms with Crippen molar-refractivity contribution < 1.29 is 9.47 Å². The maximum absolute atomic E-state index is 5.89. The summed E-state index contributed by atoms with van der Waals surface area (Å²) in [6.07, 6.45) is 4.05. The zero-order valence-electron chi connectivity index (χ0n) is 11.7. The molecule has 19 heavy (non-hydrogen) atoms. The van der Waals surface area contributed by atoms with E-state index in [2.05, 4.69) is 37.0 Å². The van der Waals surface area contributed by atoms with Gasteiger partial charge < -0.3 is 14.8 Å². The Morgan fingerprint density at radius 3 is 3.21 bits per heavy atom. The van der Waals surface area contributed by atoms with Gasteiger partial charge in [-0.3, -0.25) is 0 Å². The molecule has 3 nitrogen and oxygen atoms in total. The fraction of sp³-hybridized carbons (Fsp3) is 0.500. The summed E-state index contributed by atoms with van der Waals surface area (Å²) in [5.41, 5.74) is 2.63. The number of hydrogen-bond donors (Lipinski definition) is 1. The summed E-state index contributed by atoms with van der Waals surface area (Å²) in [6.45, 7) is 9.02. The van der Waals surface area contributed by atoms with Crippen molar-refractivity contribution in [2.24, 2.45) is 0 Å². The van der Waals surface area contributed by atoms with Crippen molar-refractivity contribution in [2.45, 2.75) is 25.9 Å². The summed E-state index contributed by atoms with van der Waals surface area (Å²) < 4.78 is 11.3. The largest absolute Gasteiger partial charge is 0.488 e. The molecule has 1 aromatic rings. The first-order valence-corrected chi connectivity index (χ1v) is 6.95. The molecule has 104 valence electrons. The van der Waals surface area contributed by atoms with E-state index >= 15 is 0 Å². The highest BCUT2D eigenvalue weighted by Gasteiger charge is 2.21. The van der Waals surface area contributed by atoms with E-state index in [1.807, 2.05) is 6.08 Å². The van der Waals surface area contributed by atoms with E-state index in [1.54, 1.807) is 0 Å². The summed E-state index contributed by atoms with van der Waals surface area (Å²) in [5.74, 6) is 1.04. The standard InChI is InChI=1S/C16H23NO2/c1-3-4-8-18-9-7-17-12-15-11-14-10-13(2)5-6-16(14)19-15/h3,5-6,10,15,17H,1,4,7-9,11-12H2,2H3. The number of nitrogens with one attached hydrogen (secondary N) is 1. The second-order valence-corrected chi connectivity index (χ2v) is 4.95. The van der Waals surface area contributed by atoms with Crippen LogP contribution >= 0.6 is 0 Å². The van der Waals surface area contributed by atoms with Crippen molar-refractivity contribution in [3.63, 3.8) is 0 Å².